The van der Waals surface area contributed by atoms with E-state index in [9.17, 15) is 4.79 Å². The number of nitrogens with one attached hydrogen (secondary N) is 2. The number of aryl methyl sites for hydroxylation is 1. The summed E-state index contributed by atoms with van der Waals surface area (Å²) < 4.78 is 4.75. The van der Waals surface area contributed by atoms with Gasteiger partial charge in [-0.15, -0.1) is 0 Å². The zero-order valence-corrected chi connectivity index (χ0v) is 15.7. The van der Waals surface area contributed by atoms with Gasteiger partial charge in [0.05, 0.1) is 23.4 Å². The third-order valence-corrected chi connectivity index (χ3v) is 4.13. The second-order valence-corrected chi connectivity index (χ2v) is 6.28. The molecule has 1 heterocycles. The fourth-order valence-electron chi connectivity index (χ4n) is 2.49. The smallest absolute Gasteiger partial charge is 0.337 e. The lowest BCUT2D eigenvalue weighted by atomic mass is 10.2. The fraction of sp³-hybridized carbons (Fsp3) is 0.150. The number of esters is 1. The first-order chi connectivity index (χ1) is 13.0. The predicted octanol–water partition coefficient (Wildman–Crippen LogP) is 4.58. The zero-order valence-electron chi connectivity index (χ0n) is 15.0. The van der Waals surface area contributed by atoms with Crippen molar-refractivity contribution in [3.8, 4) is 0 Å². The van der Waals surface area contributed by atoms with E-state index >= 15 is 0 Å². The first-order valence-electron chi connectivity index (χ1n) is 8.33. The molecule has 0 aliphatic rings. The highest BCUT2D eigenvalue weighted by Gasteiger charge is 2.10. The molecule has 0 bridgehead atoms. The van der Waals surface area contributed by atoms with E-state index in [-0.39, 0.29) is 0 Å². The molecule has 2 N–H and O–H groups in total. The van der Waals surface area contributed by atoms with Crippen LogP contribution in [0.1, 0.15) is 21.6 Å². The summed E-state index contributed by atoms with van der Waals surface area (Å²) in [6.45, 7) is 2.50. The Kier molecular flexibility index (Phi) is 5.88. The zero-order chi connectivity index (χ0) is 19.2. The predicted molar refractivity (Wildman–Crippen MR) is 107 cm³/mol. The van der Waals surface area contributed by atoms with Crippen LogP contribution in [0.4, 0.5) is 17.5 Å². The maximum absolute atomic E-state index is 11.7. The Morgan fingerprint density at radius 3 is 2.63 bits per heavy atom. The first kappa shape index (κ1) is 18.7. The minimum absolute atomic E-state index is 0.401. The van der Waals surface area contributed by atoms with E-state index in [1.165, 1.54) is 7.11 Å². The maximum atomic E-state index is 11.7. The van der Waals surface area contributed by atoms with Crippen LogP contribution in [0, 0.1) is 6.92 Å². The number of hydrogen-bond acceptors (Lipinski definition) is 6. The molecule has 0 radical (unpaired) electrons. The number of aromatic nitrogens is 2. The number of carbonyl (C=O) groups is 1. The van der Waals surface area contributed by atoms with Crippen molar-refractivity contribution in [2.75, 3.05) is 17.7 Å². The van der Waals surface area contributed by atoms with Gasteiger partial charge in [0, 0.05) is 18.3 Å². The molecule has 0 saturated heterocycles. The fourth-order valence-corrected chi connectivity index (χ4v) is 2.66. The molecule has 27 heavy (non-hydrogen) atoms. The molecule has 138 valence electrons. The number of halogens is 1. The number of carbonyl (C=O) groups excluding carboxylic acids is 1. The normalized spacial score (nSPS) is 10.3. The number of nitrogens with zero attached hydrogens (tertiary/aromatic N) is 2. The van der Waals surface area contributed by atoms with Crippen molar-refractivity contribution in [3.63, 3.8) is 0 Å². The van der Waals surface area contributed by atoms with Gasteiger partial charge in [0.1, 0.15) is 5.82 Å². The minimum Gasteiger partial charge on any atom is -0.465 e. The number of ether oxygens (including phenoxy) is 1. The lowest BCUT2D eigenvalue weighted by molar-refractivity contribution is 0.0601. The van der Waals surface area contributed by atoms with Crippen molar-refractivity contribution in [2.24, 2.45) is 0 Å². The highest BCUT2D eigenvalue weighted by Crippen LogP contribution is 2.27. The Morgan fingerprint density at radius 1 is 1.11 bits per heavy atom. The van der Waals surface area contributed by atoms with Gasteiger partial charge in [-0.2, -0.15) is 4.98 Å². The Labute approximate surface area is 162 Å². The Bertz CT molecular complexity index is 948. The topological polar surface area (TPSA) is 76.1 Å². The van der Waals surface area contributed by atoms with Crippen LogP contribution in [0.2, 0.25) is 5.02 Å². The number of methoxy groups -OCH3 is 1. The summed E-state index contributed by atoms with van der Waals surface area (Å²) in [5.74, 6) is 0.641. The van der Waals surface area contributed by atoms with Gasteiger partial charge in [-0.05, 0) is 30.7 Å². The Morgan fingerprint density at radius 2 is 1.89 bits per heavy atom. The molecule has 0 spiro atoms. The average molecular weight is 383 g/mol. The van der Waals surface area contributed by atoms with Gasteiger partial charge >= 0.3 is 5.97 Å². The molecule has 0 amide bonds. The van der Waals surface area contributed by atoms with Crippen LogP contribution in [0.3, 0.4) is 0 Å². The number of anilines is 3. The molecule has 3 rings (SSSR count). The second kappa shape index (κ2) is 8.51. The third-order valence-electron chi connectivity index (χ3n) is 3.80. The molecule has 0 unspecified atom stereocenters. The Balaban J connectivity index is 1.79. The summed E-state index contributed by atoms with van der Waals surface area (Å²) in [6, 6.07) is 16.7. The van der Waals surface area contributed by atoms with E-state index in [4.69, 9.17) is 16.3 Å². The highest BCUT2D eigenvalue weighted by molar-refractivity contribution is 6.33. The summed E-state index contributed by atoms with van der Waals surface area (Å²) in [5, 5.41) is 6.82. The monoisotopic (exact) mass is 382 g/mol. The molecule has 0 aliphatic carbocycles. The molecular weight excluding hydrogens is 364 g/mol. The van der Waals surface area contributed by atoms with Crippen molar-refractivity contribution in [1.29, 1.82) is 0 Å². The van der Waals surface area contributed by atoms with Crippen LogP contribution in [-0.2, 0) is 11.3 Å². The van der Waals surface area contributed by atoms with Gasteiger partial charge in [0.2, 0.25) is 5.95 Å². The van der Waals surface area contributed by atoms with Gasteiger partial charge in [0.15, 0.2) is 0 Å². The molecule has 1 aromatic heterocycles. The van der Waals surface area contributed by atoms with Crippen molar-refractivity contribution in [1.82, 2.24) is 9.97 Å². The minimum atomic E-state index is -0.432. The van der Waals surface area contributed by atoms with Crippen LogP contribution >= 0.6 is 11.6 Å². The van der Waals surface area contributed by atoms with E-state index in [0.717, 1.165) is 11.3 Å². The van der Waals surface area contributed by atoms with E-state index in [1.807, 2.05) is 37.3 Å². The van der Waals surface area contributed by atoms with Gasteiger partial charge < -0.3 is 15.4 Å². The molecule has 7 heteroatoms. The third kappa shape index (κ3) is 4.95. The Hall–Kier alpha value is -3.12. The molecule has 0 saturated carbocycles. The maximum Gasteiger partial charge on any atom is 0.337 e. The number of benzene rings is 2. The van der Waals surface area contributed by atoms with Crippen LogP contribution in [0.15, 0.2) is 54.6 Å². The average Bonchev–Trinajstić information content (AvgIpc) is 2.68. The molecular formula is C20H19ClN4O2. The highest BCUT2D eigenvalue weighted by atomic mass is 35.5. The molecule has 0 aliphatic heterocycles. The van der Waals surface area contributed by atoms with Crippen molar-refractivity contribution in [3.05, 3.63) is 76.4 Å². The van der Waals surface area contributed by atoms with Gasteiger partial charge in [-0.25, -0.2) is 9.78 Å². The van der Waals surface area contributed by atoms with Gasteiger partial charge in [0.25, 0.3) is 0 Å². The quantitative estimate of drug-likeness (QED) is 0.608. The van der Waals surface area contributed by atoms with E-state index < -0.39 is 5.97 Å². The number of rotatable bonds is 6. The lowest BCUT2D eigenvalue weighted by Crippen LogP contribution is -2.07. The van der Waals surface area contributed by atoms with E-state index in [1.54, 1.807) is 24.3 Å². The van der Waals surface area contributed by atoms with Crippen molar-refractivity contribution in [2.45, 2.75) is 13.5 Å². The van der Waals surface area contributed by atoms with Gasteiger partial charge in [-0.3, -0.25) is 0 Å². The first-order valence-corrected chi connectivity index (χ1v) is 8.71. The molecule has 6 nitrogen and oxygen atoms in total. The molecule has 0 atom stereocenters. The van der Waals surface area contributed by atoms with Crippen LogP contribution in [-0.4, -0.2) is 23.0 Å². The summed E-state index contributed by atoms with van der Waals surface area (Å²) in [4.78, 5) is 20.6. The van der Waals surface area contributed by atoms with Crippen molar-refractivity contribution < 1.29 is 9.53 Å². The summed E-state index contributed by atoms with van der Waals surface area (Å²) in [7, 11) is 1.34. The van der Waals surface area contributed by atoms with E-state index in [0.29, 0.717) is 34.6 Å². The van der Waals surface area contributed by atoms with Crippen molar-refractivity contribution >= 4 is 35.0 Å². The second-order valence-electron chi connectivity index (χ2n) is 5.87. The lowest BCUT2D eigenvalue weighted by Gasteiger charge is -2.12. The summed E-state index contributed by atoms with van der Waals surface area (Å²) >= 11 is 6.24. The molecule has 0 fully saturated rings. The number of hydrogen-bond donors (Lipinski definition) is 2. The largest absolute Gasteiger partial charge is 0.465 e. The van der Waals surface area contributed by atoms with E-state index in [2.05, 4.69) is 20.6 Å². The molecule has 3 aromatic rings. The van der Waals surface area contributed by atoms with Crippen LogP contribution < -0.4 is 10.6 Å². The molecule has 2 aromatic carbocycles. The van der Waals surface area contributed by atoms with Gasteiger partial charge in [-0.1, -0.05) is 41.9 Å². The standard InChI is InChI=1S/C20H19ClN4O2/c1-13-10-18(24-17-11-15(19(26)27-2)8-9-16(17)21)25-20(23-13)22-12-14-6-4-3-5-7-14/h3-11H,12H2,1-2H3,(H2,22,23,24,25). The van der Waals surface area contributed by atoms with Crippen LogP contribution in [0.5, 0.6) is 0 Å². The SMILES string of the molecule is COC(=O)c1ccc(Cl)c(Nc2cc(C)nc(NCc3ccccc3)n2)c1. The summed E-state index contributed by atoms with van der Waals surface area (Å²) in [5.41, 5.74) is 2.89. The summed E-state index contributed by atoms with van der Waals surface area (Å²) in [6.07, 6.45) is 0. The van der Waals surface area contributed by atoms with Crippen LogP contribution in [0.25, 0.3) is 0 Å².